The molecule has 0 aromatic heterocycles. The minimum atomic E-state index is -0.778. The summed E-state index contributed by atoms with van der Waals surface area (Å²) in [6.45, 7) is 7.66. The maximum Gasteiger partial charge on any atom is 0.239 e. The Morgan fingerprint density at radius 3 is 2.59 bits per heavy atom. The molecule has 2 atom stereocenters. The first-order valence-corrected chi connectivity index (χ1v) is 7.64. The molecule has 0 bridgehead atoms. The second-order valence-electron chi connectivity index (χ2n) is 5.98. The molecule has 0 fully saturated rings. The van der Waals surface area contributed by atoms with Gasteiger partial charge in [0.05, 0.1) is 18.8 Å². The van der Waals surface area contributed by atoms with E-state index in [9.17, 15) is 4.79 Å². The maximum atomic E-state index is 12.0. The molecule has 0 saturated carbocycles. The number of carbonyl (C=O) groups is 1. The summed E-state index contributed by atoms with van der Waals surface area (Å²) in [6.07, 6.45) is 1.59. The molecule has 0 aliphatic heterocycles. The van der Waals surface area contributed by atoms with Gasteiger partial charge in [-0.1, -0.05) is 50.6 Å². The fourth-order valence-electron chi connectivity index (χ4n) is 2.11. The molecular weight excluding hydrogens is 300 g/mol. The van der Waals surface area contributed by atoms with Crippen LogP contribution >= 0.6 is 12.4 Å². The lowest BCUT2D eigenvalue weighted by Gasteiger charge is -2.24. The van der Waals surface area contributed by atoms with Gasteiger partial charge in [0, 0.05) is 6.54 Å². The van der Waals surface area contributed by atoms with Gasteiger partial charge in [0.2, 0.25) is 5.91 Å². The first-order valence-electron chi connectivity index (χ1n) is 7.64. The summed E-state index contributed by atoms with van der Waals surface area (Å²) >= 11 is 0. The number of nitrogens with two attached hydrogens (primary N) is 1. The van der Waals surface area contributed by atoms with Crippen LogP contribution in [0.25, 0.3) is 0 Å². The highest BCUT2D eigenvalue weighted by atomic mass is 35.5. The summed E-state index contributed by atoms with van der Waals surface area (Å²) in [5.74, 6) is 0.175. The molecule has 1 aromatic carbocycles. The smallest absolute Gasteiger partial charge is 0.239 e. The van der Waals surface area contributed by atoms with Crippen molar-refractivity contribution < 1.29 is 9.53 Å². The predicted molar refractivity (Wildman–Crippen MR) is 93.0 cm³/mol. The fraction of sp³-hybridized carbons (Fsp3) is 0.588. The second-order valence-corrected chi connectivity index (χ2v) is 5.98. The molecule has 0 radical (unpaired) electrons. The van der Waals surface area contributed by atoms with Crippen molar-refractivity contribution in [3.63, 3.8) is 0 Å². The van der Waals surface area contributed by atoms with Crippen LogP contribution in [0.1, 0.15) is 39.2 Å². The average Bonchev–Trinajstić information content (AvgIpc) is 2.45. The van der Waals surface area contributed by atoms with Gasteiger partial charge in [-0.05, 0) is 24.8 Å². The predicted octanol–water partition coefficient (Wildman–Crippen LogP) is 2.89. The van der Waals surface area contributed by atoms with Gasteiger partial charge >= 0.3 is 0 Å². The van der Waals surface area contributed by atoms with Gasteiger partial charge in [0.1, 0.15) is 0 Å². The lowest BCUT2D eigenvalue weighted by Crippen LogP contribution is -2.52. The molecule has 0 heterocycles. The highest BCUT2D eigenvalue weighted by Crippen LogP contribution is 2.09. The average molecular weight is 329 g/mol. The van der Waals surface area contributed by atoms with E-state index in [1.165, 1.54) is 0 Å². The first-order chi connectivity index (χ1) is 9.95. The molecule has 1 rings (SSSR count). The van der Waals surface area contributed by atoms with E-state index in [0.717, 1.165) is 12.0 Å². The largest absolute Gasteiger partial charge is 0.376 e. The van der Waals surface area contributed by atoms with Crippen molar-refractivity contribution in [1.29, 1.82) is 0 Å². The van der Waals surface area contributed by atoms with Gasteiger partial charge in [-0.15, -0.1) is 12.4 Å². The van der Waals surface area contributed by atoms with Crippen LogP contribution < -0.4 is 11.1 Å². The third kappa shape index (κ3) is 7.78. The Balaban J connectivity index is 0.00000441. The van der Waals surface area contributed by atoms with Gasteiger partial charge in [-0.25, -0.2) is 0 Å². The number of hydrogen-bond donors (Lipinski definition) is 2. The Labute approximate surface area is 140 Å². The van der Waals surface area contributed by atoms with Gasteiger partial charge in [0.25, 0.3) is 0 Å². The van der Waals surface area contributed by atoms with E-state index in [2.05, 4.69) is 12.2 Å². The van der Waals surface area contributed by atoms with E-state index in [1.54, 1.807) is 6.92 Å². The minimum absolute atomic E-state index is 0. The monoisotopic (exact) mass is 328 g/mol. The highest BCUT2D eigenvalue weighted by Gasteiger charge is 2.26. The van der Waals surface area contributed by atoms with Crippen LogP contribution in [0, 0.1) is 5.92 Å². The Morgan fingerprint density at radius 1 is 1.36 bits per heavy atom. The van der Waals surface area contributed by atoms with Crippen LogP contribution in [0.5, 0.6) is 0 Å². The van der Waals surface area contributed by atoms with Crippen molar-refractivity contribution in [2.45, 2.75) is 45.8 Å². The summed E-state index contributed by atoms with van der Waals surface area (Å²) in [7, 11) is 0. The molecular formula is C17H29ClN2O2. The van der Waals surface area contributed by atoms with Crippen molar-refractivity contribution in [2.24, 2.45) is 11.7 Å². The molecule has 126 valence electrons. The van der Waals surface area contributed by atoms with Gasteiger partial charge < -0.3 is 15.8 Å². The molecule has 22 heavy (non-hydrogen) atoms. The number of carbonyl (C=O) groups excluding carboxylic acids is 1. The summed E-state index contributed by atoms with van der Waals surface area (Å²) in [5, 5.41) is 2.91. The number of halogens is 1. The number of nitrogens with one attached hydrogen (secondary N) is 1. The number of amides is 1. The Morgan fingerprint density at radius 2 is 2.00 bits per heavy atom. The molecule has 1 amide bonds. The first kappa shape index (κ1) is 20.9. The molecule has 5 heteroatoms. The minimum Gasteiger partial charge on any atom is -0.376 e. The van der Waals surface area contributed by atoms with Crippen LogP contribution in [0.3, 0.4) is 0 Å². The second kappa shape index (κ2) is 10.6. The lowest BCUT2D eigenvalue weighted by molar-refractivity contribution is -0.126. The lowest BCUT2D eigenvalue weighted by atomic mass is 9.96. The van der Waals surface area contributed by atoms with Crippen molar-refractivity contribution in [1.82, 2.24) is 5.32 Å². The summed E-state index contributed by atoms with van der Waals surface area (Å²) in [4.78, 5) is 12.0. The van der Waals surface area contributed by atoms with E-state index in [1.807, 2.05) is 37.3 Å². The van der Waals surface area contributed by atoms with E-state index in [4.69, 9.17) is 10.5 Å². The van der Waals surface area contributed by atoms with E-state index >= 15 is 0 Å². The van der Waals surface area contributed by atoms with Gasteiger partial charge in [-0.3, -0.25) is 4.79 Å². The van der Waals surface area contributed by atoms with Crippen molar-refractivity contribution in [3.8, 4) is 0 Å². The van der Waals surface area contributed by atoms with Crippen molar-refractivity contribution in [3.05, 3.63) is 35.9 Å². The van der Waals surface area contributed by atoms with Gasteiger partial charge in [-0.2, -0.15) is 0 Å². The van der Waals surface area contributed by atoms with Crippen LogP contribution in [0.4, 0.5) is 0 Å². The molecule has 0 aliphatic carbocycles. The summed E-state index contributed by atoms with van der Waals surface area (Å²) in [5.41, 5.74) is 6.37. The zero-order valence-electron chi connectivity index (χ0n) is 13.8. The highest BCUT2D eigenvalue weighted by molar-refractivity contribution is 5.85. The van der Waals surface area contributed by atoms with E-state index in [-0.39, 0.29) is 24.2 Å². The molecule has 3 N–H and O–H groups in total. The summed E-state index contributed by atoms with van der Waals surface area (Å²) in [6, 6.07) is 10.1. The third-order valence-electron chi connectivity index (χ3n) is 3.41. The Hall–Kier alpha value is -1.10. The SMILES string of the molecule is CCCC(C)(N)C(=O)NCC(C)COCc1ccccc1.Cl. The van der Waals surface area contributed by atoms with Crippen molar-refractivity contribution >= 4 is 18.3 Å². The van der Waals surface area contributed by atoms with E-state index < -0.39 is 5.54 Å². The zero-order chi connectivity index (χ0) is 15.7. The van der Waals surface area contributed by atoms with Crippen LogP contribution in [-0.2, 0) is 16.1 Å². The van der Waals surface area contributed by atoms with Crippen molar-refractivity contribution in [2.75, 3.05) is 13.2 Å². The van der Waals surface area contributed by atoms with Crippen LogP contribution in [-0.4, -0.2) is 24.6 Å². The quantitative estimate of drug-likeness (QED) is 0.732. The molecule has 0 saturated heterocycles. The number of rotatable bonds is 9. The molecule has 0 aliphatic rings. The zero-order valence-corrected chi connectivity index (χ0v) is 14.6. The molecule has 4 nitrogen and oxygen atoms in total. The topological polar surface area (TPSA) is 64.4 Å². The maximum absolute atomic E-state index is 12.0. The number of ether oxygens (including phenoxy) is 1. The fourth-order valence-corrected chi connectivity index (χ4v) is 2.11. The molecule has 0 spiro atoms. The molecule has 1 aromatic rings. The normalized spacial score (nSPS) is 14.5. The van der Waals surface area contributed by atoms with E-state index in [0.29, 0.717) is 26.2 Å². The number of benzene rings is 1. The standard InChI is InChI=1S/C17H28N2O2.ClH/c1-4-10-17(3,18)16(20)19-11-14(2)12-21-13-15-8-6-5-7-9-15;/h5-9,14H,4,10-13,18H2,1-3H3,(H,19,20);1H. The van der Waals surface area contributed by atoms with Gasteiger partial charge in [0.15, 0.2) is 0 Å². The third-order valence-corrected chi connectivity index (χ3v) is 3.41. The van der Waals surface area contributed by atoms with Crippen LogP contribution in [0.15, 0.2) is 30.3 Å². The summed E-state index contributed by atoms with van der Waals surface area (Å²) < 4.78 is 5.66. The Bertz CT molecular complexity index is 424. The van der Waals surface area contributed by atoms with Crippen LogP contribution in [0.2, 0.25) is 0 Å². The number of hydrogen-bond acceptors (Lipinski definition) is 3. The Kier molecular flexibility index (Phi) is 10.1. The molecule has 2 unspecified atom stereocenters.